The van der Waals surface area contributed by atoms with E-state index in [9.17, 15) is 29.4 Å². The number of amides is 1. The molecule has 0 radical (unpaired) electrons. The molecule has 402 valence electrons. The molecule has 71 heavy (non-hydrogen) atoms. The minimum Gasteiger partial charge on any atom is -0.460 e. The standard InChI is InChI=1S/C57H91NO13/c1-14-68-28-29-69-47-25-23-44(33-50(47)66-12)32-39(5)49-35-46(59)38(4)31-41(7)52(61)53(67-13)51(60)40(6)30-36(2)20-16-15-17-21-37(3)48(65-11)34-45-24-22-42(8)57(64,71-45)43(9)54(62)58-27-19-18-26-56(58,10)55(63)70-49/h15-17,20-21,31,36,38-40,42,44-45,47-50,52-53,61,64H,9,14,18-19,22-30,32-35H2,1-8,10-13H3/b17-15+,20-16+,37-21+,41-31+/t36-,38-,39-,40-,42-,44+,45+,47-,48+,49+,50-,52-,53?,56?,57-/m1/s1. The lowest BCUT2D eigenvalue weighted by molar-refractivity contribution is -0.259. The molecule has 4 rings (SSSR count). The maximum Gasteiger partial charge on any atom is 0.332 e. The first-order chi connectivity index (χ1) is 33.6. The van der Waals surface area contributed by atoms with Gasteiger partial charge in [0.05, 0.1) is 43.2 Å². The van der Waals surface area contributed by atoms with E-state index in [0.717, 1.165) is 24.8 Å². The normalized spacial score (nSPS) is 39.1. The fourth-order valence-electron chi connectivity index (χ4n) is 11.1. The molecule has 2 N–H and O–H groups in total. The number of hydrogen-bond acceptors (Lipinski definition) is 13. The molecule has 3 heterocycles. The molecule has 1 amide bonds. The van der Waals surface area contributed by atoms with Gasteiger partial charge in [0.2, 0.25) is 0 Å². The number of allylic oxidation sites excluding steroid dienone is 6. The van der Waals surface area contributed by atoms with Gasteiger partial charge in [-0.2, -0.15) is 0 Å². The molecule has 0 aromatic carbocycles. The molecule has 4 aliphatic rings. The lowest BCUT2D eigenvalue weighted by Gasteiger charge is -2.47. The van der Waals surface area contributed by atoms with Crippen LogP contribution in [0.15, 0.2) is 59.8 Å². The molecule has 0 aromatic rings. The van der Waals surface area contributed by atoms with Gasteiger partial charge in [-0.15, -0.1) is 0 Å². The molecule has 2 saturated heterocycles. The van der Waals surface area contributed by atoms with Crippen LogP contribution in [0.3, 0.4) is 0 Å². The Bertz CT molecular complexity index is 1890. The van der Waals surface area contributed by atoms with E-state index < -0.39 is 65.4 Å². The van der Waals surface area contributed by atoms with Crippen LogP contribution in [0, 0.1) is 35.5 Å². The number of aliphatic hydroxyl groups excluding tert-OH is 1. The van der Waals surface area contributed by atoms with Gasteiger partial charge < -0.3 is 48.3 Å². The predicted molar refractivity (Wildman–Crippen MR) is 274 cm³/mol. The van der Waals surface area contributed by atoms with E-state index in [-0.39, 0.29) is 66.2 Å². The summed E-state index contributed by atoms with van der Waals surface area (Å²) in [5.41, 5.74) is -0.222. The largest absolute Gasteiger partial charge is 0.460 e. The van der Waals surface area contributed by atoms with E-state index in [4.69, 9.17) is 33.2 Å². The first-order valence-corrected chi connectivity index (χ1v) is 26.5. The van der Waals surface area contributed by atoms with E-state index in [1.54, 1.807) is 41.1 Å². The van der Waals surface area contributed by atoms with Crippen molar-refractivity contribution >= 4 is 23.4 Å². The maximum atomic E-state index is 14.9. The van der Waals surface area contributed by atoms with E-state index in [1.807, 2.05) is 71.9 Å². The minimum absolute atomic E-state index is 0.0377. The Kier molecular flexibility index (Phi) is 24.1. The SMILES string of the molecule is C=C1C(=O)N2CCCCC2(C)C(=O)O[C@H]([C@H](C)C[C@@H]2CC[C@@H](OCCOCC)[C@H](OC)C2)CC(=O)[C@H](C)/C=C(\C)[C@@H](O)C(OC)C(=O)[C@H](C)C[C@H](C)/C=C/C=C/C=C(\C)[C@@H](OC)C[C@@H]2CC[C@@H](C)[C@@]1(O)O2. The summed E-state index contributed by atoms with van der Waals surface area (Å²) in [5.74, 6) is -5.34. The fraction of sp³-hybridized carbons (Fsp3) is 0.754. The van der Waals surface area contributed by atoms with Gasteiger partial charge >= 0.3 is 5.97 Å². The van der Waals surface area contributed by atoms with E-state index in [2.05, 4.69) is 6.58 Å². The van der Waals surface area contributed by atoms with Crippen LogP contribution in [-0.2, 0) is 52.3 Å². The Morgan fingerprint density at radius 2 is 1.62 bits per heavy atom. The molecule has 0 spiro atoms. The number of ketones is 2. The van der Waals surface area contributed by atoms with Crippen molar-refractivity contribution in [1.29, 1.82) is 0 Å². The monoisotopic (exact) mass is 998 g/mol. The van der Waals surface area contributed by atoms with Crippen molar-refractivity contribution < 1.29 is 62.5 Å². The molecule has 2 bridgehead atoms. The van der Waals surface area contributed by atoms with Crippen molar-refractivity contribution in [3.8, 4) is 0 Å². The highest BCUT2D eigenvalue weighted by molar-refractivity contribution is 5.98. The second-order valence-electron chi connectivity index (χ2n) is 21.4. The van der Waals surface area contributed by atoms with Gasteiger partial charge in [-0.05, 0) is 121 Å². The maximum absolute atomic E-state index is 14.9. The fourth-order valence-corrected chi connectivity index (χ4v) is 11.1. The summed E-state index contributed by atoms with van der Waals surface area (Å²) in [4.78, 5) is 59.4. The molecule has 2 unspecified atom stereocenters. The lowest BCUT2D eigenvalue weighted by Crippen LogP contribution is -2.61. The van der Waals surface area contributed by atoms with Gasteiger partial charge in [-0.1, -0.05) is 77.7 Å². The first-order valence-electron chi connectivity index (χ1n) is 26.5. The van der Waals surface area contributed by atoms with Crippen molar-refractivity contribution in [2.24, 2.45) is 35.5 Å². The van der Waals surface area contributed by atoms with E-state index >= 15 is 0 Å². The molecule has 3 fully saturated rings. The van der Waals surface area contributed by atoms with Crippen molar-refractivity contribution in [3.05, 3.63) is 59.8 Å². The zero-order valence-corrected chi connectivity index (χ0v) is 45.3. The number of carbonyl (C=O) groups is 4. The second-order valence-corrected chi connectivity index (χ2v) is 21.4. The third kappa shape index (κ3) is 16.1. The Balaban J connectivity index is 1.71. The molecule has 1 aliphatic carbocycles. The highest BCUT2D eigenvalue weighted by Crippen LogP contribution is 2.42. The summed E-state index contributed by atoms with van der Waals surface area (Å²) in [5, 5.41) is 23.9. The summed E-state index contributed by atoms with van der Waals surface area (Å²) < 4.78 is 42.1. The highest BCUT2D eigenvalue weighted by atomic mass is 16.6. The number of Topliss-reactive ketones (excluding diaryl/α,β-unsaturated/α-hetero) is 2. The Hall–Kier alpha value is -3.34. The van der Waals surface area contributed by atoms with Crippen LogP contribution in [0.25, 0.3) is 0 Å². The zero-order chi connectivity index (χ0) is 52.6. The average molecular weight is 998 g/mol. The number of fused-ring (bicyclic) bond motifs is 3. The predicted octanol–water partition coefficient (Wildman–Crippen LogP) is 8.62. The second kappa shape index (κ2) is 28.4. The number of methoxy groups -OCH3 is 3. The number of cyclic esters (lactones) is 1. The summed E-state index contributed by atoms with van der Waals surface area (Å²) in [6.07, 6.45) is 13.7. The topological polar surface area (TPSA) is 177 Å². The van der Waals surface area contributed by atoms with Crippen LogP contribution in [0.2, 0.25) is 0 Å². The summed E-state index contributed by atoms with van der Waals surface area (Å²) in [6, 6.07) is 0. The van der Waals surface area contributed by atoms with E-state index in [0.29, 0.717) is 76.8 Å². The van der Waals surface area contributed by atoms with Gasteiger partial charge in [-0.3, -0.25) is 14.4 Å². The van der Waals surface area contributed by atoms with Gasteiger partial charge in [0.25, 0.3) is 5.91 Å². The quantitative estimate of drug-likeness (QED) is 0.0872. The summed E-state index contributed by atoms with van der Waals surface area (Å²) in [7, 11) is 4.72. The Labute approximate surface area is 425 Å². The van der Waals surface area contributed by atoms with Crippen molar-refractivity contribution in [3.63, 3.8) is 0 Å². The van der Waals surface area contributed by atoms with Crippen molar-refractivity contribution in [2.45, 2.75) is 193 Å². The van der Waals surface area contributed by atoms with Crippen LogP contribution in [0.5, 0.6) is 0 Å². The van der Waals surface area contributed by atoms with Gasteiger partial charge in [-0.25, -0.2) is 4.79 Å². The van der Waals surface area contributed by atoms with Crippen LogP contribution >= 0.6 is 0 Å². The highest BCUT2D eigenvalue weighted by Gasteiger charge is 2.52. The first kappa shape index (κ1) is 60.2. The van der Waals surface area contributed by atoms with Crippen molar-refractivity contribution in [2.75, 3.05) is 47.7 Å². The van der Waals surface area contributed by atoms with Gasteiger partial charge in [0.1, 0.15) is 29.6 Å². The van der Waals surface area contributed by atoms with E-state index in [1.165, 1.54) is 12.0 Å². The van der Waals surface area contributed by atoms with Crippen LogP contribution in [0.1, 0.15) is 139 Å². The number of aliphatic hydroxyl groups is 2. The lowest BCUT2D eigenvalue weighted by atomic mass is 9.78. The molecule has 14 heteroatoms. The number of nitrogens with zero attached hydrogens (tertiary/aromatic N) is 1. The number of hydrogen-bond donors (Lipinski definition) is 2. The number of esters is 1. The number of carbonyl (C=O) groups excluding carboxylic acids is 4. The molecule has 1 saturated carbocycles. The summed E-state index contributed by atoms with van der Waals surface area (Å²) in [6.45, 7) is 22.7. The van der Waals surface area contributed by atoms with Gasteiger partial charge in [0.15, 0.2) is 11.6 Å². The molecule has 0 aromatic heterocycles. The minimum atomic E-state index is -2.00. The van der Waals surface area contributed by atoms with Gasteiger partial charge in [0, 0.05) is 65.1 Å². The Morgan fingerprint density at radius 1 is 0.887 bits per heavy atom. The van der Waals surface area contributed by atoms with Crippen LogP contribution < -0.4 is 0 Å². The third-order valence-corrected chi connectivity index (χ3v) is 15.9. The molecular formula is C57H91NO13. The number of rotatable bonds is 11. The zero-order valence-electron chi connectivity index (χ0n) is 45.3. The molecule has 3 aliphatic heterocycles. The average Bonchev–Trinajstić information content (AvgIpc) is 3.34. The molecular weight excluding hydrogens is 907 g/mol. The van der Waals surface area contributed by atoms with Crippen LogP contribution in [-0.4, -0.2) is 140 Å². The summed E-state index contributed by atoms with van der Waals surface area (Å²) >= 11 is 0. The van der Waals surface area contributed by atoms with Crippen molar-refractivity contribution in [1.82, 2.24) is 4.90 Å². The Morgan fingerprint density at radius 3 is 2.30 bits per heavy atom. The van der Waals surface area contributed by atoms with Crippen LogP contribution in [0.4, 0.5) is 0 Å². The third-order valence-electron chi connectivity index (χ3n) is 15.9. The molecule has 15 atom stereocenters. The number of ether oxygens (including phenoxy) is 7. The smallest absolute Gasteiger partial charge is 0.332 e. The number of piperidine rings is 1. The molecule has 14 nitrogen and oxygen atoms in total.